The summed E-state index contributed by atoms with van der Waals surface area (Å²) in [7, 11) is -5.18. The predicted octanol–water partition coefficient (Wildman–Crippen LogP) is 1.58. The first-order valence-corrected chi connectivity index (χ1v) is 13.1. The minimum absolute atomic E-state index is 0.0615. The van der Waals surface area contributed by atoms with Crippen LogP contribution >= 0.6 is 11.6 Å². The van der Waals surface area contributed by atoms with Crippen molar-refractivity contribution in [3.8, 4) is 0 Å². The van der Waals surface area contributed by atoms with Crippen LogP contribution in [-0.2, 0) is 33.5 Å². The van der Waals surface area contributed by atoms with Crippen LogP contribution in [0, 0.1) is 6.92 Å². The predicted molar refractivity (Wildman–Crippen MR) is 110 cm³/mol. The van der Waals surface area contributed by atoms with Gasteiger partial charge in [0.05, 0.1) is 11.4 Å². The highest BCUT2D eigenvalue weighted by molar-refractivity contribution is 7.91. The van der Waals surface area contributed by atoms with Crippen LogP contribution in [0.1, 0.15) is 37.2 Å². The van der Waals surface area contributed by atoms with Gasteiger partial charge in [-0.1, -0.05) is 18.5 Å². The average Bonchev–Trinajstić information content (AvgIpc) is 3.24. The molecule has 2 aromatic heterocycles. The summed E-state index contributed by atoms with van der Waals surface area (Å²) in [6.07, 6.45) is 4.65. The Balaban J connectivity index is 1.71. The van der Waals surface area contributed by atoms with E-state index in [1.165, 1.54) is 8.99 Å². The first-order valence-electron chi connectivity index (χ1n) is 9.47. The number of imidazole rings is 1. The Hall–Kier alpha value is -1.43. The van der Waals surface area contributed by atoms with Crippen LogP contribution in [0.4, 0.5) is 0 Å². The lowest BCUT2D eigenvalue weighted by atomic mass is 9.97. The van der Waals surface area contributed by atoms with Gasteiger partial charge in [-0.3, -0.25) is 4.68 Å². The van der Waals surface area contributed by atoms with Crippen LogP contribution < -0.4 is 0 Å². The summed E-state index contributed by atoms with van der Waals surface area (Å²) in [4.78, 5) is 4.47. The summed E-state index contributed by atoms with van der Waals surface area (Å²) < 4.78 is 54.4. The number of halogens is 1. The standard InChI is InChI=1S/C17H26ClN5O4S2/c1-4-28(24,25)12-11-22-10-7-19-17(22)14-5-8-23(9-6-14)29(26,27)15-13(2)20-21(3)16(15)18/h7,10,14H,4-6,8-9,11-12H2,1-3H3. The van der Waals surface area contributed by atoms with Crippen LogP contribution in [0.2, 0.25) is 5.15 Å². The van der Waals surface area contributed by atoms with Crippen molar-refractivity contribution in [3.63, 3.8) is 0 Å². The van der Waals surface area contributed by atoms with Crippen LogP contribution in [0.5, 0.6) is 0 Å². The highest BCUT2D eigenvalue weighted by Crippen LogP contribution is 2.33. The van der Waals surface area contributed by atoms with Gasteiger partial charge in [0.2, 0.25) is 10.0 Å². The lowest BCUT2D eigenvalue weighted by Crippen LogP contribution is -2.38. The minimum Gasteiger partial charge on any atom is -0.334 e. The maximum atomic E-state index is 13.0. The summed E-state index contributed by atoms with van der Waals surface area (Å²) in [5, 5.41) is 4.21. The second kappa shape index (κ2) is 8.37. The molecular formula is C17H26ClN5O4S2. The molecule has 0 atom stereocenters. The lowest BCUT2D eigenvalue weighted by molar-refractivity contribution is 0.309. The molecule has 0 bridgehead atoms. The third-order valence-corrected chi connectivity index (χ3v) is 9.63. The number of nitrogens with zero attached hydrogens (tertiary/aromatic N) is 5. The highest BCUT2D eigenvalue weighted by atomic mass is 35.5. The molecule has 9 nitrogen and oxygen atoms in total. The SMILES string of the molecule is CCS(=O)(=O)CCn1ccnc1C1CCN(S(=O)(=O)c2c(C)nn(C)c2Cl)CC1. The van der Waals surface area contributed by atoms with E-state index in [2.05, 4.69) is 10.1 Å². The highest BCUT2D eigenvalue weighted by Gasteiger charge is 2.35. The maximum Gasteiger partial charge on any atom is 0.248 e. The molecule has 0 radical (unpaired) electrons. The topological polar surface area (TPSA) is 107 Å². The van der Waals surface area contributed by atoms with Gasteiger partial charge in [-0.2, -0.15) is 9.40 Å². The van der Waals surface area contributed by atoms with Crippen molar-refractivity contribution in [3.05, 3.63) is 29.1 Å². The number of rotatable bonds is 7. The molecule has 2 aromatic rings. The number of hydrogen-bond acceptors (Lipinski definition) is 6. The van der Waals surface area contributed by atoms with E-state index in [0.29, 0.717) is 38.2 Å². The Morgan fingerprint density at radius 1 is 1.21 bits per heavy atom. The van der Waals surface area contributed by atoms with Gasteiger partial charge >= 0.3 is 0 Å². The number of sulfone groups is 1. The van der Waals surface area contributed by atoms with Crippen molar-refractivity contribution >= 4 is 31.5 Å². The Labute approximate surface area is 176 Å². The maximum absolute atomic E-state index is 13.0. The molecule has 1 aliphatic rings. The molecule has 0 N–H and O–H groups in total. The molecule has 3 heterocycles. The van der Waals surface area contributed by atoms with Gasteiger partial charge < -0.3 is 4.57 Å². The summed E-state index contributed by atoms with van der Waals surface area (Å²) in [5.74, 6) is 1.07. The van der Waals surface area contributed by atoms with Gasteiger partial charge in [0, 0.05) is 50.7 Å². The molecule has 1 aliphatic heterocycles. The molecule has 0 aliphatic carbocycles. The lowest BCUT2D eigenvalue weighted by Gasteiger charge is -2.31. The third-order valence-electron chi connectivity index (χ3n) is 5.35. The number of sulfonamides is 1. The quantitative estimate of drug-likeness (QED) is 0.617. The van der Waals surface area contributed by atoms with Crippen molar-refractivity contribution in [1.82, 2.24) is 23.6 Å². The number of piperidine rings is 1. The average molecular weight is 464 g/mol. The molecule has 12 heteroatoms. The molecular weight excluding hydrogens is 438 g/mol. The molecule has 0 amide bonds. The van der Waals surface area contributed by atoms with Crippen molar-refractivity contribution in [1.29, 1.82) is 0 Å². The molecule has 0 unspecified atom stereocenters. The molecule has 29 heavy (non-hydrogen) atoms. The smallest absolute Gasteiger partial charge is 0.248 e. The van der Waals surface area contributed by atoms with Crippen molar-refractivity contribution in [2.75, 3.05) is 24.6 Å². The fourth-order valence-corrected chi connectivity index (χ4v) is 6.58. The summed E-state index contributed by atoms with van der Waals surface area (Å²) in [5.41, 5.74) is 0.382. The Morgan fingerprint density at radius 2 is 1.86 bits per heavy atom. The minimum atomic E-state index is -3.73. The zero-order valence-electron chi connectivity index (χ0n) is 16.7. The first-order chi connectivity index (χ1) is 13.6. The van der Waals surface area contributed by atoms with Crippen molar-refractivity contribution in [2.45, 2.75) is 44.0 Å². The molecule has 1 saturated heterocycles. The van der Waals surface area contributed by atoms with Crippen molar-refractivity contribution in [2.24, 2.45) is 7.05 Å². The summed E-state index contributed by atoms with van der Waals surface area (Å²) in [6, 6.07) is 0. The molecule has 0 spiro atoms. The fraction of sp³-hybridized carbons (Fsp3) is 0.647. The van der Waals surface area contributed by atoms with E-state index in [-0.39, 0.29) is 27.5 Å². The Kier molecular flexibility index (Phi) is 6.42. The van der Waals surface area contributed by atoms with Gasteiger partial charge in [-0.05, 0) is 19.8 Å². The fourth-order valence-electron chi connectivity index (χ4n) is 3.64. The normalized spacial score (nSPS) is 17.1. The first kappa shape index (κ1) is 22.3. The molecule has 1 fully saturated rings. The van der Waals surface area contributed by atoms with E-state index in [1.807, 2.05) is 4.57 Å². The van der Waals surface area contributed by atoms with Gasteiger partial charge in [-0.15, -0.1) is 0 Å². The summed E-state index contributed by atoms with van der Waals surface area (Å²) >= 11 is 6.16. The Bertz CT molecular complexity index is 1080. The van der Waals surface area contributed by atoms with E-state index < -0.39 is 19.9 Å². The molecule has 162 valence electrons. The number of aryl methyl sites for hydroxylation is 3. The van der Waals surface area contributed by atoms with Crippen LogP contribution in [0.15, 0.2) is 17.3 Å². The third kappa shape index (κ3) is 4.52. The molecule has 0 saturated carbocycles. The van der Waals surface area contributed by atoms with E-state index in [9.17, 15) is 16.8 Å². The van der Waals surface area contributed by atoms with Crippen LogP contribution in [-0.4, -0.2) is 65.1 Å². The largest absolute Gasteiger partial charge is 0.334 e. The van der Waals surface area contributed by atoms with Gasteiger partial charge in [-0.25, -0.2) is 21.8 Å². The van der Waals surface area contributed by atoms with E-state index in [0.717, 1.165) is 5.82 Å². The number of hydrogen-bond donors (Lipinski definition) is 0. The second-order valence-electron chi connectivity index (χ2n) is 7.22. The van der Waals surface area contributed by atoms with Gasteiger partial charge in [0.15, 0.2) is 9.84 Å². The molecule has 0 aromatic carbocycles. The van der Waals surface area contributed by atoms with Crippen LogP contribution in [0.25, 0.3) is 0 Å². The van der Waals surface area contributed by atoms with E-state index in [1.54, 1.807) is 33.3 Å². The van der Waals surface area contributed by atoms with E-state index >= 15 is 0 Å². The van der Waals surface area contributed by atoms with Crippen LogP contribution in [0.3, 0.4) is 0 Å². The van der Waals surface area contributed by atoms with Crippen molar-refractivity contribution < 1.29 is 16.8 Å². The molecule has 3 rings (SSSR count). The van der Waals surface area contributed by atoms with Gasteiger partial charge in [0.25, 0.3) is 0 Å². The zero-order chi connectivity index (χ0) is 21.4. The van der Waals surface area contributed by atoms with Gasteiger partial charge in [0.1, 0.15) is 15.9 Å². The second-order valence-corrected chi connectivity index (χ2v) is 11.9. The summed E-state index contributed by atoms with van der Waals surface area (Å²) in [6.45, 7) is 4.31. The zero-order valence-corrected chi connectivity index (χ0v) is 19.1. The Morgan fingerprint density at radius 3 is 2.41 bits per heavy atom. The van der Waals surface area contributed by atoms with E-state index in [4.69, 9.17) is 11.6 Å². The number of aromatic nitrogens is 4. The monoisotopic (exact) mass is 463 g/mol.